The molecule has 3 nitrogen and oxygen atoms in total. The Kier molecular flexibility index (Phi) is 3.54. The van der Waals surface area contributed by atoms with Gasteiger partial charge in [-0.3, -0.25) is 0 Å². The van der Waals surface area contributed by atoms with E-state index in [0.717, 1.165) is 24.3 Å². The summed E-state index contributed by atoms with van der Waals surface area (Å²) in [6, 6.07) is 6.64. The predicted molar refractivity (Wildman–Crippen MR) is 65.6 cm³/mol. The Balaban J connectivity index is 2.31. The van der Waals surface area contributed by atoms with Crippen molar-refractivity contribution in [2.45, 2.75) is 20.4 Å². The van der Waals surface area contributed by atoms with Gasteiger partial charge in [0.2, 0.25) is 0 Å². The Labute approximate surface area is 100 Å². The van der Waals surface area contributed by atoms with Crippen LogP contribution in [-0.4, -0.2) is 16.3 Å². The Bertz CT molecular complexity index is 505. The zero-order valence-corrected chi connectivity index (χ0v) is 10.1. The van der Waals surface area contributed by atoms with E-state index in [4.69, 9.17) is 0 Å². The number of nitrogens with zero attached hydrogens (tertiary/aromatic N) is 2. The second kappa shape index (κ2) is 5.10. The van der Waals surface area contributed by atoms with Gasteiger partial charge in [0.1, 0.15) is 11.5 Å². The lowest BCUT2D eigenvalue weighted by Gasteiger charge is -2.01. The van der Waals surface area contributed by atoms with Crippen molar-refractivity contribution in [3.63, 3.8) is 0 Å². The van der Waals surface area contributed by atoms with Crippen molar-refractivity contribution >= 4 is 0 Å². The van der Waals surface area contributed by atoms with Crippen LogP contribution in [0.25, 0.3) is 5.69 Å². The minimum atomic E-state index is -0.259. The third-order valence-corrected chi connectivity index (χ3v) is 2.67. The largest absolute Gasteiger partial charge is 0.313 e. The van der Waals surface area contributed by atoms with Crippen molar-refractivity contribution in [1.29, 1.82) is 0 Å². The molecule has 17 heavy (non-hydrogen) atoms. The summed E-state index contributed by atoms with van der Waals surface area (Å²) >= 11 is 0. The molecular weight excluding hydrogens is 217 g/mol. The molecule has 0 aliphatic heterocycles. The van der Waals surface area contributed by atoms with Crippen LogP contribution in [0, 0.1) is 12.7 Å². The van der Waals surface area contributed by atoms with E-state index in [-0.39, 0.29) is 5.82 Å². The first-order chi connectivity index (χ1) is 8.22. The van der Waals surface area contributed by atoms with Gasteiger partial charge in [-0.25, -0.2) is 9.07 Å². The number of aryl methyl sites for hydroxylation is 1. The van der Waals surface area contributed by atoms with Crippen molar-refractivity contribution in [2.24, 2.45) is 0 Å². The summed E-state index contributed by atoms with van der Waals surface area (Å²) in [5.41, 5.74) is 2.50. The lowest BCUT2D eigenvalue weighted by molar-refractivity contribution is 0.610. The first-order valence-electron chi connectivity index (χ1n) is 5.73. The van der Waals surface area contributed by atoms with E-state index < -0.39 is 0 Å². The molecule has 0 spiro atoms. The molecule has 4 heteroatoms. The van der Waals surface area contributed by atoms with Crippen LogP contribution in [0.2, 0.25) is 0 Å². The Morgan fingerprint density at radius 3 is 2.82 bits per heavy atom. The van der Waals surface area contributed by atoms with Gasteiger partial charge in [-0.05, 0) is 25.6 Å². The fraction of sp³-hybridized carbons (Fsp3) is 0.308. The van der Waals surface area contributed by atoms with Crippen LogP contribution in [0.15, 0.2) is 30.5 Å². The van der Waals surface area contributed by atoms with E-state index in [1.54, 1.807) is 22.9 Å². The quantitative estimate of drug-likeness (QED) is 0.879. The number of para-hydroxylation sites is 1. The molecule has 0 atom stereocenters. The van der Waals surface area contributed by atoms with Gasteiger partial charge in [0.25, 0.3) is 0 Å². The van der Waals surface area contributed by atoms with Crippen molar-refractivity contribution in [2.75, 3.05) is 6.54 Å². The van der Waals surface area contributed by atoms with E-state index in [2.05, 4.69) is 17.3 Å². The second-order valence-electron chi connectivity index (χ2n) is 3.92. The summed E-state index contributed by atoms with van der Waals surface area (Å²) in [5, 5.41) is 7.57. The average Bonchev–Trinajstić information content (AvgIpc) is 2.68. The smallest absolute Gasteiger partial charge is 0.148 e. The molecule has 2 rings (SSSR count). The molecule has 0 radical (unpaired) electrons. The van der Waals surface area contributed by atoms with Crippen molar-refractivity contribution < 1.29 is 4.39 Å². The van der Waals surface area contributed by atoms with Gasteiger partial charge < -0.3 is 5.32 Å². The Morgan fingerprint density at radius 1 is 1.35 bits per heavy atom. The number of aromatic nitrogens is 2. The van der Waals surface area contributed by atoms with Gasteiger partial charge >= 0.3 is 0 Å². The second-order valence-corrected chi connectivity index (χ2v) is 3.92. The van der Waals surface area contributed by atoms with Crippen LogP contribution in [0.5, 0.6) is 0 Å². The molecule has 1 heterocycles. The minimum Gasteiger partial charge on any atom is -0.313 e. The Hall–Kier alpha value is -1.68. The standard InChI is InChI=1S/C13H16FN3/c1-3-15-8-11-9-17(16-10(11)2)13-7-5-4-6-12(13)14/h4-7,9,15H,3,8H2,1-2H3. The van der Waals surface area contributed by atoms with Gasteiger partial charge in [-0.1, -0.05) is 19.1 Å². The third kappa shape index (κ3) is 2.53. The molecule has 1 aromatic heterocycles. The van der Waals surface area contributed by atoms with Gasteiger partial charge in [0.05, 0.1) is 5.69 Å². The molecule has 0 amide bonds. The fourth-order valence-corrected chi connectivity index (χ4v) is 1.69. The van der Waals surface area contributed by atoms with Crippen LogP contribution in [0.3, 0.4) is 0 Å². The summed E-state index contributed by atoms with van der Waals surface area (Å²) in [4.78, 5) is 0. The molecule has 0 aliphatic rings. The van der Waals surface area contributed by atoms with E-state index in [9.17, 15) is 4.39 Å². The van der Waals surface area contributed by atoms with Crippen molar-refractivity contribution in [3.05, 3.63) is 47.5 Å². The normalized spacial score (nSPS) is 10.8. The summed E-state index contributed by atoms with van der Waals surface area (Å²) in [6.07, 6.45) is 1.87. The van der Waals surface area contributed by atoms with Crippen LogP contribution in [0.1, 0.15) is 18.2 Å². The zero-order chi connectivity index (χ0) is 12.3. The van der Waals surface area contributed by atoms with Crippen molar-refractivity contribution in [3.8, 4) is 5.69 Å². The molecule has 2 aromatic rings. The maximum absolute atomic E-state index is 13.6. The van der Waals surface area contributed by atoms with Crippen LogP contribution in [0.4, 0.5) is 4.39 Å². The van der Waals surface area contributed by atoms with Gasteiger partial charge in [-0.2, -0.15) is 5.10 Å². The highest BCUT2D eigenvalue weighted by Crippen LogP contribution is 2.14. The molecule has 0 fully saturated rings. The topological polar surface area (TPSA) is 29.9 Å². The number of nitrogens with one attached hydrogen (secondary N) is 1. The highest BCUT2D eigenvalue weighted by Gasteiger charge is 2.08. The highest BCUT2D eigenvalue weighted by molar-refractivity contribution is 5.34. The summed E-state index contributed by atoms with van der Waals surface area (Å²) in [6.45, 7) is 5.65. The number of rotatable bonds is 4. The Morgan fingerprint density at radius 2 is 2.12 bits per heavy atom. The monoisotopic (exact) mass is 233 g/mol. The molecule has 0 saturated heterocycles. The van der Waals surface area contributed by atoms with Crippen molar-refractivity contribution in [1.82, 2.24) is 15.1 Å². The lowest BCUT2D eigenvalue weighted by atomic mass is 10.2. The maximum atomic E-state index is 13.6. The molecule has 1 aromatic carbocycles. The van der Waals surface area contributed by atoms with E-state index in [1.807, 2.05) is 13.1 Å². The SMILES string of the molecule is CCNCc1cn(-c2ccccc2F)nc1C. The van der Waals surface area contributed by atoms with Crippen LogP contribution in [-0.2, 0) is 6.54 Å². The average molecular weight is 233 g/mol. The fourth-order valence-electron chi connectivity index (χ4n) is 1.69. The van der Waals surface area contributed by atoms with E-state index in [1.165, 1.54) is 6.07 Å². The highest BCUT2D eigenvalue weighted by atomic mass is 19.1. The third-order valence-electron chi connectivity index (χ3n) is 2.67. The van der Waals surface area contributed by atoms with Gasteiger partial charge in [0, 0.05) is 18.3 Å². The van der Waals surface area contributed by atoms with E-state index in [0.29, 0.717) is 5.69 Å². The van der Waals surface area contributed by atoms with Gasteiger partial charge in [-0.15, -0.1) is 0 Å². The summed E-state index contributed by atoms with van der Waals surface area (Å²) in [5.74, 6) is -0.259. The zero-order valence-electron chi connectivity index (χ0n) is 10.1. The maximum Gasteiger partial charge on any atom is 0.148 e. The molecule has 90 valence electrons. The first-order valence-corrected chi connectivity index (χ1v) is 5.73. The molecule has 0 saturated carbocycles. The lowest BCUT2D eigenvalue weighted by Crippen LogP contribution is -2.11. The number of hydrogen-bond acceptors (Lipinski definition) is 2. The minimum absolute atomic E-state index is 0.259. The summed E-state index contributed by atoms with van der Waals surface area (Å²) in [7, 11) is 0. The predicted octanol–water partition coefficient (Wildman–Crippen LogP) is 2.43. The molecule has 0 bridgehead atoms. The molecule has 0 unspecified atom stereocenters. The molecular formula is C13H16FN3. The molecule has 1 N–H and O–H groups in total. The summed E-state index contributed by atoms with van der Waals surface area (Å²) < 4.78 is 15.2. The number of benzene rings is 1. The van der Waals surface area contributed by atoms with Crippen LogP contribution >= 0.6 is 0 Å². The van der Waals surface area contributed by atoms with Gasteiger partial charge in [0.15, 0.2) is 0 Å². The van der Waals surface area contributed by atoms with Crippen LogP contribution < -0.4 is 5.32 Å². The first kappa shape index (κ1) is 11.8. The number of halogens is 1. The molecule has 0 aliphatic carbocycles. The van der Waals surface area contributed by atoms with E-state index >= 15 is 0 Å². The number of hydrogen-bond donors (Lipinski definition) is 1.